The second-order valence-corrected chi connectivity index (χ2v) is 4.18. The molecule has 0 amide bonds. The van der Waals surface area contributed by atoms with Gasteiger partial charge in [-0.3, -0.25) is 4.79 Å². The van der Waals surface area contributed by atoms with Crippen molar-refractivity contribution in [2.45, 2.75) is 33.5 Å². The van der Waals surface area contributed by atoms with Crippen LogP contribution in [0, 0.1) is 5.82 Å². The van der Waals surface area contributed by atoms with Crippen LogP contribution in [0.3, 0.4) is 0 Å². The van der Waals surface area contributed by atoms with Crippen molar-refractivity contribution in [2.24, 2.45) is 0 Å². The largest absolute Gasteiger partial charge is 0.493 e. The molecule has 0 aliphatic heterocycles. The minimum Gasteiger partial charge on any atom is -0.493 e. The van der Waals surface area contributed by atoms with Gasteiger partial charge in [0.1, 0.15) is 11.6 Å². The molecule has 0 heterocycles. The van der Waals surface area contributed by atoms with Crippen molar-refractivity contribution in [3.8, 4) is 5.75 Å². The molecule has 0 saturated carbocycles. The fourth-order valence-corrected chi connectivity index (χ4v) is 1.73. The molecular weight excluding hydrogens is 263 g/mol. The summed E-state index contributed by atoms with van der Waals surface area (Å²) in [6, 6.07) is 4.22. The van der Waals surface area contributed by atoms with Gasteiger partial charge < -0.3 is 14.2 Å². The lowest BCUT2D eigenvalue weighted by Gasteiger charge is -2.17. The molecule has 0 N–H and O–H groups in total. The lowest BCUT2D eigenvalue weighted by molar-refractivity contribution is -0.142. The molecule has 0 saturated heterocycles. The van der Waals surface area contributed by atoms with Crippen LogP contribution in [-0.2, 0) is 9.47 Å². The zero-order valence-corrected chi connectivity index (χ0v) is 12.1. The third-order valence-electron chi connectivity index (χ3n) is 2.65. The summed E-state index contributed by atoms with van der Waals surface area (Å²) in [5.74, 6) is -0.484. The number of halogens is 1. The number of carbonyl (C=O) groups excluding carboxylic acids is 1. The van der Waals surface area contributed by atoms with E-state index in [9.17, 15) is 9.18 Å². The highest BCUT2D eigenvalue weighted by molar-refractivity contribution is 5.94. The van der Waals surface area contributed by atoms with Crippen molar-refractivity contribution >= 4 is 5.78 Å². The molecule has 20 heavy (non-hydrogen) atoms. The summed E-state index contributed by atoms with van der Waals surface area (Å²) in [5, 5.41) is 0. The second kappa shape index (κ2) is 8.66. The van der Waals surface area contributed by atoms with Gasteiger partial charge in [0.25, 0.3) is 0 Å². The van der Waals surface area contributed by atoms with Crippen LogP contribution in [-0.4, -0.2) is 31.9 Å². The fraction of sp³-hybridized carbons (Fsp3) is 0.533. The van der Waals surface area contributed by atoms with E-state index in [2.05, 4.69) is 0 Å². The number of Topliss-reactive ketones (excluding diaryl/α,β-unsaturated/α-hetero) is 1. The molecule has 1 rings (SSSR count). The fourth-order valence-electron chi connectivity index (χ4n) is 1.73. The van der Waals surface area contributed by atoms with Gasteiger partial charge in [-0.15, -0.1) is 0 Å². The predicted molar refractivity (Wildman–Crippen MR) is 73.6 cm³/mol. The van der Waals surface area contributed by atoms with Crippen LogP contribution in [0.25, 0.3) is 0 Å². The third kappa shape index (κ3) is 5.27. The minimum absolute atomic E-state index is 0.0684. The van der Waals surface area contributed by atoms with Crippen molar-refractivity contribution in [3.05, 3.63) is 29.6 Å². The standard InChI is InChI=1S/C15H21FO4/c1-4-18-15(19-5-2)8-9-20-12-6-7-13(11(3)17)14(16)10-12/h6-7,10,15H,4-5,8-9H2,1-3H3. The Balaban J connectivity index is 2.49. The zero-order valence-electron chi connectivity index (χ0n) is 12.1. The smallest absolute Gasteiger partial charge is 0.162 e. The molecule has 1 aromatic carbocycles. The lowest BCUT2D eigenvalue weighted by Crippen LogP contribution is -2.20. The van der Waals surface area contributed by atoms with Crippen LogP contribution in [0.2, 0.25) is 0 Å². The van der Waals surface area contributed by atoms with Crippen LogP contribution < -0.4 is 4.74 Å². The topological polar surface area (TPSA) is 44.8 Å². The second-order valence-electron chi connectivity index (χ2n) is 4.18. The van der Waals surface area contributed by atoms with Gasteiger partial charge in [-0.2, -0.15) is 0 Å². The number of carbonyl (C=O) groups is 1. The first kappa shape index (κ1) is 16.6. The summed E-state index contributed by atoms with van der Waals surface area (Å²) in [6.45, 7) is 6.59. The Morgan fingerprint density at radius 2 is 1.90 bits per heavy atom. The van der Waals surface area contributed by atoms with Gasteiger partial charge >= 0.3 is 0 Å². The van der Waals surface area contributed by atoms with Crippen molar-refractivity contribution in [1.82, 2.24) is 0 Å². The van der Waals surface area contributed by atoms with Crippen molar-refractivity contribution in [2.75, 3.05) is 19.8 Å². The Morgan fingerprint density at radius 3 is 2.40 bits per heavy atom. The number of ether oxygens (including phenoxy) is 3. The van der Waals surface area contributed by atoms with E-state index in [1.807, 2.05) is 13.8 Å². The maximum Gasteiger partial charge on any atom is 0.162 e. The van der Waals surface area contributed by atoms with Crippen LogP contribution in [0.4, 0.5) is 4.39 Å². The molecule has 0 fully saturated rings. The van der Waals surface area contributed by atoms with Gasteiger partial charge in [-0.25, -0.2) is 4.39 Å². The number of ketones is 1. The van der Waals surface area contributed by atoms with Crippen molar-refractivity contribution < 1.29 is 23.4 Å². The lowest BCUT2D eigenvalue weighted by atomic mass is 10.1. The van der Waals surface area contributed by atoms with Gasteiger partial charge in [-0.05, 0) is 32.9 Å². The third-order valence-corrected chi connectivity index (χ3v) is 2.65. The summed E-state index contributed by atoms with van der Waals surface area (Å²) < 4.78 is 29.8. The maximum absolute atomic E-state index is 13.6. The van der Waals surface area contributed by atoms with Gasteiger partial charge in [-0.1, -0.05) is 0 Å². The van der Waals surface area contributed by atoms with Gasteiger partial charge in [0.15, 0.2) is 12.1 Å². The van der Waals surface area contributed by atoms with E-state index in [1.54, 1.807) is 6.07 Å². The maximum atomic E-state index is 13.6. The molecule has 0 radical (unpaired) electrons. The van der Waals surface area contributed by atoms with E-state index in [0.29, 0.717) is 32.0 Å². The molecule has 0 aliphatic carbocycles. The highest BCUT2D eigenvalue weighted by atomic mass is 19.1. The monoisotopic (exact) mass is 284 g/mol. The first-order chi connectivity index (χ1) is 9.58. The Hall–Kier alpha value is -1.46. The zero-order chi connectivity index (χ0) is 15.0. The van der Waals surface area contributed by atoms with Crippen LogP contribution in [0.1, 0.15) is 37.6 Å². The van der Waals surface area contributed by atoms with E-state index in [0.717, 1.165) is 0 Å². The molecule has 0 unspecified atom stereocenters. The number of rotatable bonds is 9. The van der Waals surface area contributed by atoms with Crippen molar-refractivity contribution in [3.63, 3.8) is 0 Å². The van der Waals surface area contributed by atoms with Gasteiger partial charge in [0.05, 0.1) is 12.2 Å². The van der Waals surface area contributed by atoms with E-state index < -0.39 is 5.82 Å². The summed E-state index contributed by atoms with van der Waals surface area (Å²) in [6.07, 6.45) is 0.240. The average molecular weight is 284 g/mol. The SMILES string of the molecule is CCOC(CCOc1ccc(C(C)=O)c(F)c1)OCC. The summed E-state index contributed by atoms with van der Waals surface area (Å²) in [4.78, 5) is 11.1. The Labute approximate surface area is 118 Å². The molecule has 0 spiro atoms. The van der Waals surface area contributed by atoms with Crippen molar-refractivity contribution in [1.29, 1.82) is 0 Å². The first-order valence-electron chi connectivity index (χ1n) is 6.75. The molecule has 112 valence electrons. The van der Waals surface area contributed by atoms with Gasteiger partial charge in [0, 0.05) is 25.7 Å². The van der Waals surface area contributed by atoms with Crippen LogP contribution in [0.15, 0.2) is 18.2 Å². The predicted octanol–water partition coefficient (Wildman–Crippen LogP) is 3.20. The number of hydrogen-bond acceptors (Lipinski definition) is 4. The molecule has 5 heteroatoms. The van der Waals surface area contributed by atoms with E-state index in [-0.39, 0.29) is 17.6 Å². The van der Waals surface area contributed by atoms with E-state index in [1.165, 1.54) is 19.1 Å². The highest BCUT2D eigenvalue weighted by Gasteiger charge is 2.10. The Morgan fingerprint density at radius 1 is 1.25 bits per heavy atom. The highest BCUT2D eigenvalue weighted by Crippen LogP contribution is 2.17. The average Bonchev–Trinajstić information content (AvgIpc) is 2.39. The van der Waals surface area contributed by atoms with Gasteiger partial charge in [0.2, 0.25) is 0 Å². The quantitative estimate of drug-likeness (QED) is 0.516. The number of benzene rings is 1. The molecule has 0 aliphatic rings. The van der Waals surface area contributed by atoms with E-state index >= 15 is 0 Å². The normalized spacial score (nSPS) is 10.8. The molecule has 1 aromatic rings. The minimum atomic E-state index is -0.568. The summed E-state index contributed by atoms with van der Waals surface area (Å²) in [5.41, 5.74) is 0.0684. The summed E-state index contributed by atoms with van der Waals surface area (Å²) in [7, 11) is 0. The Kier molecular flexibility index (Phi) is 7.18. The Bertz CT molecular complexity index is 428. The number of hydrogen-bond donors (Lipinski definition) is 0. The molecule has 0 aromatic heterocycles. The molecule has 0 atom stereocenters. The van der Waals surface area contributed by atoms with E-state index in [4.69, 9.17) is 14.2 Å². The molecule has 4 nitrogen and oxygen atoms in total. The summed E-state index contributed by atoms with van der Waals surface area (Å²) >= 11 is 0. The first-order valence-corrected chi connectivity index (χ1v) is 6.75. The molecular formula is C15H21FO4. The molecule has 0 bridgehead atoms. The van der Waals surface area contributed by atoms with Crippen LogP contribution >= 0.6 is 0 Å². The van der Waals surface area contributed by atoms with Crippen LogP contribution in [0.5, 0.6) is 5.75 Å².